The predicted molar refractivity (Wildman–Crippen MR) is 73.5 cm³/mol. The van der Waals surface area contributed by atoms with E-state index in [0.29, 0.717) is 12.6 Å². The van der Waals surface area contributed by atoms with E-state index in [1.165, 1.54) is 19.3 Å². The van der Waals surface area contributed by atoms with E-state index in [1.807, 2.05) is 11.8 Å². The number of nitrogens with one attached hydrogen (secondary N) is 1. The molecule has 1 heterocycles. The fourth-order valence-electron chi connectivity index (χ4n) is 3.14. The second kappa shape index (κ2) is 6.92. The first kappa shape index (κ1) is 15.1. The highest BCUT2D eigenvalue weighted by atomic mass is 16.5. The highest BCUT2D eigenvalue weighted by Crippen LogP contribution is 2.23. The number of rotatable bonds is 4. The molecule has 2 amide bonds. The summed E-state index contributed by atoms with van der Waals surface area (Å²) < 4.78 is 5.18. The number of urea groups is 1. The zero-order chi connectivity index (χ0) is 14.5. The Hall–Kier alpha value is -1.30. The second-order valence-corrected chi connectivity index (χ2v) is 5.62. The van der Waals surface area contributed by atoms with Crippen LogP contribution in [-0.4, -0.2) is 53.8 Å². The average molecular weight is 284 g/mol. The van der Waals surface area contributed by atoms with Crippen LogP contribution < -0.4 is 5.32 Å². The molecular weight excluding hydrogens is 260 g/mol. The highest BCUT2D eigenvalue weighted by Gasteiger charge is 2.36. The minimum atomic E-state index is -0.909. The number of nitrogens with zero attached hydrogens (tertiary/aromatic N) is 1. The van der Waals surface area contributed by atoms with Gasteiger partial charge in [0.25, 0.3) is 0 Å². The Bertz CT molecular complexity index is 355. The topological polar surface area (TPSA) is 78.9 Å². The number of amides is 2. The van der Waals surface area contributed by atoms with Gasteiger partial charge < -0.3 is 20.1 Å². The quantitative estimate of drug-likeness (QED) is 0.819. The molecule has 20 heavy (non-hydrogen) atoms. The number of hydrogen-bond acceptors (Lipinski definition) is 3. The monoisotopic (exact) mass is 284 g/mol. The van der Waals surface area contributed by atoms with E-state index in [2.05, 4.69) is 5.32 Å². The maximum absolute atomic E-state index is 12.4. The molecule has 0 aromatic heterocycles. The van der Waals surface area contributed by atoms with Crippen LogP contribution in [0, 0.1) is 5.92 Å². The minimum absolute atomic E-state index is 0.152. The summed E-state index contributed by atoms with van der Waals surface area (Å²) in [5, 5.41) is 11.9. The van der Waals surface area contributed by atoms with Crippen molar-refractivity contribution < 1.29 is 19.4 Å². The van der Waals surface area contributed by atoms with Crippen molar-refractivity contribution in [2.75, 3.05) is 19.8 Å². The van der Waals surface area contributed by atoms with Gasteiger partial charge in [-0.15, -0.1) is 0 Å². The van der Waals surface area contributed by atoms with Crippen molar-refractivity contribution in [3.05, 3.63) is 0 Å². The smallest absolute Gasteiger partial charge is 0.317 e. The van der Waals surface area contributed by atoms with Crippen LogP contribution in [0.2, 0.25) is 0 Å². The Kier molecular flexibility index (Phi) is 5.23. The van der Waals surface area contributed by atoms with Crippen LogP contribution in [0.1, 0.15) is 39.0 Å². The molecule has 0 bridgehead atoms. The van der Waals surface area contributed by atoms with Crippen LogP contribution in [0.3, 0.4) is 0 Å². The average Bonchev–Trinajstić information content (AvgIpc) is 2.89. The zero-order valence-electron chi connectivity index (χ0n) is 12.0. The molecule has 1 aliphatic carbocycles. The molecule has 0 aromatic carbocycles. The van der Waals surface area contributed by atoms with Crippen molar-refractivity contribution in [2.45, 2.75) is 51.1 Å². The molecule has 2 unspecified atom stereocenters. The van der Waals surface area contributed by atoms with E-state index in [4.69, 9.17) is 9.84 Å². The summed E-state index contributed by atoms with van der Waals surface area (Å²) in [4.78, 5) is 25.3. The van der Waals surface area contributed by atoms with Crippen LogP contribution in [0.15, 0.2) is 0 Å². The Balaban J connectivity index is 1.93. The summed E-state index contributed by atoms with van der Waals surface area (Å²) in [5.74, 6) is -1.54. The van der Waals surface area contributed by atoms with Crippen LogP contribution >= 0.6 is 0 Å². The third-order valence-electron chi connectivity index (χ3n) is 4.32. The first-order chi connectivity index (χ1) is 9.63. The lowest BCUT2D eigenvalue weighted by Crippen LogP contribution is -2.52. The van der Waals surface area contributed by atoms with Gasteiger partial charge in [0, 0.05) is 12.6 Å². The number of carboxylic acids is 1. The maximum Gasteiger partial charge on any atom is 0.317 e. The largest absolute Gasteiger partial charge is 0.481 e. The van der Waals surface area contributed by atoms with Crippen LogP contribution in [0.5, 0.6) is 0 Å². The summed E-state index contributed by atoms with van der Waals surface area (Å²) >= 11 is 0. The van der Waals surface area contributed by atoms with E-state index in [-0.39, 0.29) is 19.2 Å². The molecular formula is C14H24N2O4. The van der Waals surface area contributed by atoms with E-state index in [0.717, 1.165) is 12.8 Å². The molecule has 0 spiro atoms. The molecule has 0 radical (unpaired) electrons. The lowest BCUT2D eigenvalue weighted by atomic mass is 9.94. The molecule has 1 saturated heterocycles. The highest BCUT2D eigenvalue weighted by molar-refractivity contribution is 5.77. The Morgan fingerprint density at radius 1 is 1.25 bits per heavy atom. The van der Waals surface area contributed by atoms with E-state index >= 15 is 0 Å². The van der Waals surface area contributed by atoms with Crippen molar-refractivity contribution in [1.82, 2.24) is 10.2 Å². The van der Waals surface area contributed by atoms with Crippen molar-refractivity contribution >= 4 is 12.0 Å². The zero-order valence-corrected chi connectivity index (χ0v) is 12.0. The molecule has 114 valence electrons. The van der Waals surface area contributed by atoms with Crippen molar-refractivity contribution in [1.29, 1.82) is 0 Å². The third kappa shape index (κ3) is 3.42. The molecule has 2 N–H and O–H groups in total. The number of hydrogen-bond donors (Lipinski definition) is 2. The number of ether oxygens (including phenoxy) is 1. The van der Waals surface area contributed by atoms with Gasteiger partial charge in [0.2, 0.25) is 0 Å². The third-order valence-corrected chi connectivity index (χ3v) is 4.32. The number of carboxylic acid groups (broad SMARTS) is 1. The van der Waals surface area contributed by atoms with Gasteiger partial charge in [-0.05, 0) is 19.8 Å². The molecule has 2 fully saturated rings. The fourth-order valence-corrected chi connectivity index (χ4v) is 3.14. The Labute approximate surface area is 119 Å². The van der Waals surface area contributed by atoms with Crippen molar-refractivity contribution in [3.8, 4) is 0 Å². The SMILES string of the molecule is CCN(C(=O)NC1COCC1C(=O)O)C1CCCCC1. The van der Waals surface area contributed by atoms with Gasteiger partial charge in [-0.2, -0.15) is 0 Å². The fraction of sp³-hybridized carbons (Fsp3) is 0.857. The first-order valence-electron chi connectivity index (χ1n) is 7.51. The predicted octanol–water partition coefficient (Wildman–Crippen LogP) is 1.45. The van der Waals surface area contributed by atoms with E-state index in [1.54, 1.807) is 0 Å². The van der Waals surface area contributed by atoms with Crippen molar-refractivity contribution in [3.63, 3.8) is 0 Å². The molecule has 6 nitrogen and oxygen atoms in total. The van der Waals surface area contributed by atoms with Crippen LogP contribution in [0.25, 0.3) is 0 Å². The van der Waals surface area contributed by atoms with Crippen LogP contribution in [-0.2, 0) is 9.53 Å². The summed E-state index contributed by atoms with van der Waals surface area (Å²) in [7, 11) is 0. The van der Waals surface area contributed by atoms with Gasteiger partial charge in [0.1, 0.15) is 5.92 Å². The molecule has 2 aliphatic rings. The summed E-state index contributed by atoms with van der Waals surface area (Å²) in [5.41, 5.74) is 0. The number of aliphatic carboxylic acids is 1. The summed E-state index contributed by atoms with van der Waals surface area (Å²) in [6.07, 6.45) is 5.67. The van der Waals surface area contributed by atoms with Gasteiger partial charge in [0.05, 0.1) is 19.3 Å². The van der Waals surface area contributed by atoms with Crippen molar-refractivity contribution in [2.24, 2.45) is 5.92 Å². The Morgan fingerprint density at radius 3 is 2.55 bits per heavy atom. The summed E-state index contributed by atoms with van der Waals surface area (Å²) in [6, 6.07) is -0.279. The molecule has 0 aromatic rings. The normalized spacial score (nSPS) is 27.2. The summed E-state index contributed by atoms with van der Waals surface area (Å²) in [6.45, 7) is 3.08. The Morgan fingerprint density at radius 2 is 1.95 bits per heavy atom. The molecule has 6 heteroatoms. The van der Waals surface area contributed by atoms with Gasteiger partial charge >= 0.3 is 12.0 Å². The number of carbonyl (C=O) groups is 2. The number of carbonyl (C=O) groups excluding carboxylic acids is 1. The van der Waals surface area contributed by atoms with E-state index < -0.39 is 17.9 Å². The molecule has 2 rings (SSSR count). The standard InChI is InChI=1S/C14H24N2O4/c1-2-16(10-6-4-3-5-7-10)14(19)15-12-9-20-8-11(12)13(17)18/h10-12H,2-9H2,1H3,(H,15,19)(H,17,18). The van der Waals surface area contributed by atoms with Gasteiger partial charge in [-0.1, -0.05) is 19.3 Å². The molecule has 1 saturated carbocycles. The van der Waals surface area contributed by atoms with Gasteiger partial charge in [-0.3, -0.25) is 4.79 Å². The lowest BCUT2D eigenvalue weighted by molar-refractivity contribution is -0.142. The minimum Gasteiger partial charge on any atom is -0.481 e. The second-order valence-electron chi connectivity index (χ2n) is 5.62. The van der Waals surface area contributed by atoms with Crippen LogP contribution in [0.4, 0.5) is 4.79 Å². The van der Waals surface area contributed by atoms with Gasteiger partial charge in [0.15, 0.2) is 0 Å². The maximum atomic E-state index is 12.4. The molecule has 2 atom stereocenters. The lowest BCUT2D eigenvalue weighted by Gasteiger charge is -2.34. The first-order valence-corrected chi connectivity index (χ1v) is 7.51. The van der Waals surface area contributed by atoms with E-state index in [9.17, 15) is 9.59 Å². The van der Waals surface area contributed by atoms with Gasteiger partial charge in [-0.25, -0.2) is 4.79 Å². The molecule has 1 aliphatic heterocycles.